The van der Waals surface area contributed by atoms with E-state index in [0.29, 0.717) is 0 Å². The predicted octanol–water partition coefficient (Wildman–Crippen LogP) is 1.70. The van der Waals surface area contributed by atoms with Crippen LogP contribution in [0.5, 0.6) is 0 Å². The molecule has 15 heavy (non-hydrogen) atoms. The Hall–Kier alpha value is -0.520. The first kappa shape index (κ1) is 14.5. The molecule has 1 amide bonds. The SMILES string of the molecule is CCN(CC(C)C(=O)CBr)C(=O)C(F)F. The molecule has 0 saturated heterocycles. The maximum Gasteiger partial charge on any atom is 0.315 e. The maximum atomic E-state index is 12.1. The van der Waals surface area contributed by atoms with Crippen molar-refractivity contribution in [2.24, 2.45) is 5.92 Å². The summed E-state index contributed by atoms with van der Waals surface area (Å²) in [5, 5.41) is 0.175. The highest BCUT2D eigenvalue weighted by Gasteiger charge is 2.25. The van der Waals surface area contributed by atoms with E-state index in [1.807, 2.05) is 0 Å². The van der Waals surface area contributed by atoms with E-state index in [9.17, 15) is 18.4 Å². The van der Waals surface area contributed by atoms with Gasteiger partial charge in [-0.3, -0.25) is 9.59 Å². The molecule has 3 nitrogen and oxygen atoms in total. The summed E-state index contributed by atoms with van der Waals surface area (Å²) in [7, 11) is 0. The fourth-order valence-corrected chi connectivity index (χ4v) is 1.63. The summed E-state index contributed by atoms with van der Waals surface area (Å²) in [5.74, 6) is -1.74. The van der Waals surface area contributed by atoms with E-state index < -0.39 is 18.3 Å². The second-order valence-electron chi connectivity index (χ2n) is 3.18. The van der Waals surface area contributed by atoms with Crippen LogP contribution in [0.2, 0.25) is 0 Å². The minimum absolute atomic E-state index is 0.0457. The van der Waals surface area contributed by atoms with Crippen LogP contribution in [0.4, 0.5) is 8.78 Å². The van der Waals surface area contributed by atoms with Crippen LogP contribution in [-0.4, -0.2) is 41.4 Å². The van der Waals surface area contributed by atoms with Gasteiger partial charge in [-0.05, 0) is 6.92 Å². The van der Waals surface area contributed by atoms with Crippen LogP contribution >= 0.6 is 15.9 Å². The molecule has 0 N–H and O–H groups in total. The number of ketones is 1. The van der Waals surface area contributed by atoms with Crippen molar-refractivity contribution in [3.63, 3.8) is 0 Å². The smallest absolute Gasteiger partial charge is 0.315 e. The van der Waals surface area contributed by atoms with Crippen LogP contribution < -0.4 is 0 Å². The largest absolute Gasteiger partial charge is 0.337 e. The number of amides is 1. The Balaban J connectivity index is 4.33. The molecule has 0 aromatic rings. The lowest BCUT2D eigenvalue weighted by molar-refractivity contribution is -0.143. The Bertz CT molecular complexity index is 236. The highest BCUT2D eigenvalue weighted by atomic mass is 79.9. The van der Waals surface area contributed by atoms with Crippen LogP contribution in [0.25, 0.3) is 0 Å². The zero-order chi connectivity index (χ0) is 12.0. The molecule has 1 atom stereocenters. The second-order valence-corrected chi connectivity index (χ2v) is 3.74. The third kappa shape index (κ3) is 4.68. The van der Waals surface area contributed by atoms with Gasteiger partial charge in [-0.2, -0.15) is 8.78 Å². The molecule has 0 spiro atoms. The molecule has 0 aliphatic rings. The minimum Gasteiger partial charge on any atom is -0.337 e. The number of rotatable bonds is 6. The normalized spacial score (nSPS) is 12.7. The van der Waals surface area contributed by atoms with E-state index in [-0.39, 0.29) is 24.2 Å². The van der Waals surface area contributed by atoms with Gasteiger partial charge in [0.25, 0.3) is 5.91 Å². The number of nitrogens with zero attached hydrogens (tertiary/aromatic N) is 1. The summed E-state index contributed by atoms with van der Waals surface area (Å²) >= 11 is 2.99. The summed E-state index contributed by atoms with van der Waals surface area (Å²) in [6.45, 7) is 3.45. The van der Waals surface area contributed by atoms with Gasteiger partial charge in [-0.1, -0.05) is 22.9 Å². The van der Waals surface area contributed by atoms with E-state index >= 15 is 0 Å². The van der Waals surface area contributed by atoms with Gasteiger partial charge in [0.15, 0.2) is 0 Å². The molecule has 0 aliphatic heterocycles. The average molecular weight is 286 g/mol. The third-order valence-corrected chi connectivity index (χ3v) is 2.61. The van der Waals surface area contributed by atoms with Gasteiger partial charge in [0.2, 0.25) is 0 Å². The Morgan fingerprint density at radius 3 is 2.27 bits per heavy atom. The summed E-state index contributed by atoms with van der Waals surface area (Å²) in [5.41, 5.74) is 0. The van der Waals surface area contributed by atoms with E-state index in [0.717, 1.165) is 4.90 Å². The molecule has 0 heterocycles. The van der Waals surface area contributed by atoms with Crippen molar-refractivity contribution in [3.05, 3.63) is 0 Å². The number of halogens is 3. The lowest BCUT2D eigenvalue weighted by Crippen LogP contribution is -2.40. The van der Waals surface area contributed by atoms with Crippen molar-refractivity contribution >= 4 is 27.6 Å². The first-order valence-electron chi connectivity index (χ1n) is 4.59. The highest BCUT2D eigenvalue weighted by molar-refractivity contribution is 9.09. The molecule has 0 bridgehead atoms. The topological polar surface area (TPSA) is 37.4 Å². The van der Waals surface area contributed by atoms with Crippen LogP contribution in [0, 0.1) is 5.92 Å². The molecular weight excluding hydrogens is 272 g/mol. The Morgan fingerprint density at radius 1 is 1.40 bits per heavy atom. The van der Waals surface area contributed by atoms with E-state index in [4.69, 9.17) is 0 Å². The lowest BCUT2D eigenvalue weighted by Gasteiger charge is -2.23. The van der Waals surface area contributed by atoms with Gasteiger partial charge in [-0.15, -0.1) is 0 Å². The summed E-state index contributed by atoms with van der Waals surface area (Å²) in [6.07, 6.45) is -3.00. The fourth-order valence-electron chi connectivity index (χ4n) is 1.08. The second kappa shape index (κ2) is 6.87. The number of Topliss-reactive ketones (excluding diaryl/α,β-unsaturated/α-hetero) is 1. The van der Waals surface area contributed by atoms with Crippen molar-refractivity contribution < 1.29 is 18.4 Å². The van der Waals surface area contributed by atoms with Crippen molar-refractivity contribution in [1.29, 1.82) is 0 Å². The molecule has 1 unspecified atom stereocenters. The zero-order valence-corrected chi connectivity index (χ0v) is 10.3. The number of hydrogen-bond acceptors (Lipinski definition) is 2. The van der Waals surface area contributed by atoms with Crippen LogP contribution in [-0.2, 0) is 9.59 Å². The fraction of sp³-hybridized carbons (Fsp3) is 0.778. The molecule has 0 saturated carbocycles. The number of alkyl halides is 3. The van der Waals surface area contributed by atoms with E-state index in [1.54, 1.807) is 13.8 Å². The predicted molar refractivity (Wildman–Crippen MR) is 56.2 cm³/mol. The van der Waals surface area contributed by atoms with Gasteiger partial charge in [0.1, 0.15) is 5.78 Å². The van der Waals surface area contributed by atoms with Crippen molar-refractivity contribution in [1.82, 2.24) is 4.90 Å². The first-order valence-corrected chi connectivity index (χ1v) is 5.71. The molecule has 88 valence electrons. The lowest BCUT2D eigenvalue weighted by atomic mass is 10.1. The molecule has 0 aromatic heterocycles. The molecular formula is C9H14BrF2NO2. The molecule has 6 heteroatoms. The van der Waals surface area contributed by atoms with E-state index in [1.165, 1.54) is 0 Å². The van der Waals surface area contributed by atoms with Crippen molar-refractivity contribution in [3.8, 4) is 0 Å². The number of carbonyl (C=O) groups excluding carboxylic acids is 2. The Kier molecular flexibility index (Phi) is 6.63. The number of hydrogen-bond donors (Lipinski definition) is 0. The molecule has 0 radical (unpaired) electrons. The van der Waals surface area contributed by atoms with Gasteiger partial charge in [-0.25, -0.2) is 0 Å². The maximum absolute atomic E-state index is 12.1. The van der Waals surface area contributed by atoms with Crippen LogP contribution in [0.15, 0.2) is 0 Å². The monoisotopic (exact) mass is 285 g/mol. The summed E-state index contributed by atoms with van der Waals surface area (Å²) in [6, 6.07) is 0. The molecule has 0 aromatic carbocycles. The Morgan fingerprint density at radius 2 is 1.93 bits per heavy atom. The quantitative estimate of drug-likeness (QED) is 0.697. The minimum atomic E-state index is -3.00. The van der Waals surface area contributed by atoms with E-state index in [2.05, 4.69) is 15.9 Å². The standard InChI is InChI=1S/C9H14BrF2NO2/c1-3-13(9(15)8(11)12)5-6(2)7(14)4-10/h6,8H,3-5H2,1-2H3. The van der Waals surface area contributed by atoms with Crippen molar-refractivity contribution in [2.75, 3.05) is 18.4 Å². The molecule has 0 rings (SSSR count). The number of carbonyl (C=O) groups is 2. The van der Waals surface area contributed by atoms with Gasteiger partial charge < -0.3 is 4.90 Å². The first-order chi connectivity index (χ1) is 6.93. The van der Waals surface area contributed by atoms with Crippen molar-refractivity contribution in [2.45, 2.75) is 20.3 Å². The molecule has 0 aliphatic carbocycles. The highest BCUT2D eigenvalue weighted by Crippen LogP contribution is 2.07. The zero-order valence-electron chi connectivity index (χ0n) is 8.67. The van der Waals surface area contributed by atoms with Gasteiger partial charge in [0, 0.05) is 19.0 Å². The summed E-state index contributed by atoms with van der Waals surface area (Å²) in [4.78, 5) is 23.2. The average Bonchev–Trinajstić information content (AvgIpc) is 2.22. The summed E-state index contributed by atoms with van der Waals surface area (Å²) < 4.78 is 24.2. The van der Waals surface area contributed by atoms with Crippen LogP contribution in [0.1, 0.15) is 13.8 Å². The Labute approximate surface area is 95.9 Å². The van der Waals surface area contributed by atoms with Gasteiger partial charge in [0.05, 0.1) is 5.33 Å². The third-order valence-electron chi connectivity index (χ3n) is 2.06. The van der Waals surface area contributed by atoms with Gasteiger partial charge >= 0.3 is 6.43 Å². The molecule has 0 fully saturated rings. The van der Waals surface area contributed by atoms with Crippen LogP contribution in [0.3, 0.4) is 0 Å².